The molecule has 0 aromatic heterocycles. The first-order valence-corrected chi connectivity index (χ1v) is 11.8. The van der Waals surface area contributed by atoms with Gasteiger partial charge < -0.3 is 20.3 Å². The van der Waals surface area contributed by atoms with Gasteiger partial charge in [0, 0.05) is 57.9 Å². The maximum absolute atomic E-state index is 11.9. The highest BCUT2D eigenvalue weighted by Crippen LogP contribution is 2.22. The Bertz CT molecular complexity index is 711. The molecule has 172 valence electrons. The molecule has 2 aliphatic rings. The van der Waals surface area contributed by atoms with Crippen LogP contribution in [-0.4, -0.2) is 69.2 Å². The van der Waals surface area contributed by atoms with Gasteiger partial charge in [0.15, 0.2) is 5.96 Å². The molecule has 31 heavy (non-hydrogen) atoms. The van der Waals surface area contributed by atoms with E-state index in [1.165, 1.54) is 18.4 Å². The molecule has 1 atom stereocenters. The van der Waals surface area contributed by atoms with Crippen molar-refractivity contribution in [1.29, 1.82) is 0 Å². The minimum Gasteiger partial charge on any atom is -0.379 e. The molecule has 0 saturated carbocycles. The summed E-state index contributed by atoms with van der Waals surface area (Å²) in [5.41, 5.74) is 2.16. The highest BCUT2D eigenvalue weighted by atomic mass is 16.5. The molecule has 0 spiro atoms. The van der Waals surface area contributed by atoms with Crippen LogP contribution in [0.5, 0.6) is 0 Å². The number of carbonyl (C=O) groups excluding carboxylic acids is 1. The second-order valence-electron chi connectivity index (χ2n) is 8.41. The van der Waals surface area contributed by atoms with E-state index in [-0.39, 0.29) is 5.91 Å². The van der Waals surface area contributed by atoms with Gasteiger partial charge in [-0.1, -0.05) is 38.8 Å². The van der Waals surface area contributed by atoms with Gasteiger partial charge in [0.25, 0.3) is 0 Å². The third-order valence-corrected chi connectivity index (χ3v) is 6.59. The van der Waals surface area contributed by atoms with Gasteiger partial charge >= 0.3 is 0 Å². The summed E-state index contributed by atoms with van der Waals surface area (Å²) < 4.78 is 5.56. The molecule has 1 amide bonds. The lowest BCUT2D eigenvalue weighted by Crippen LogP contribution is -2.53. The number of nitrogens with one attached hydrogen (secondary N) is 2. The molecule has 1 unspecified atom stereocenters. The van der Waals surface area contributed by atoms with Crippen molar-refractivity contribution in [3.8, 4) is 0 Å². The number of benzene rings is 1. The van der Waals surface area contributed by atoms with Crippen molar-refractivity contribution in [2.75, 3.05) is 51.3 Å². The summed E-state index contributed by atoms with van der Waals surface area (Å²) in [4.78, 5) is 20.8. The number of aliphatic imine (C=N–C) groups is 1. The van der Waals surface area contributed by atoms with Gasteiger partial charge in [0.2, 0.25) is 5.91 Å². The van der Waals surface area contributed by atoms with E-state index in [1.807, 2.05) is 24.1 Å². The number of hydrogen-bond acceptors (Lipinski definition) is 4. The Labute approximate surface area is 187 Å². The van der Waals surface area contributed by atoms with Gasteiger partial charge in [-0.3, -0.25) is 14.7 Å². The predicted octanol–water partition coefficient (Wildman–Crippen LogP) is 2.62. The fourth-order valence-corrected chi connectivity index (χ4v) is 4.66. The van der Waals surface area contributed by atoms with Gasteiger partial charge in [0.05, 0.1) is 13.2 Å². The van der Waals surface area contributed by atoms with Gasteiger partial charge in [-0.2, -0.15) is 0 Å². The second kappa shape index (κ2) is 12.1. The van der Waals surface area contributed by atoms with Crippen molar-refractivity contribution in [2.24, 2.45) is 10.9 Å². The molecule has 1 aromatic rings. The molecule has 0 radical (unpaired) electrons. The average Bonchev–Trinajstić information content (AvgIpc) is 3.25. The van der Waals surface area contributed by atoms with Crippen molar-refractivity contribution < 1.29 is 9.53 Å². The minimum absolute atomic E-state index is 0.225. The van der Waals surface area contributed by atoms with Crippen LogP contribution in [0.2, 0.25) is 0 Å². The summed E-state index contributed by atoms with van der Waals surface area (Å²) in [6.07, 6.45) is 3.97. The van der Waals surface area contributed by atoms with Gasteiger partial charge in [-0.25, -0.2) is 0 Å². The smallest absolute Gasteiger partial charge is 0.227 e. The van der Waals surface area contributed by atoms with Crippen molar-refractivity contribution in [1.82, 2.24) is 15.5 Å². The number of rotatable bonds is 9. The largest absolute Gasteiger partial charge is 0.379 e. The normalized spacial score (nSPS) is 19.2. The Morgan fingerprint density at radius 2 is 1.81 bits per heavy atom. The van der Waals surface area contributed by atoms with E-state index in [2.05, 4.69) is 46.5 Å². The van der Waals surface area contributed by atoms with Gasteiger partial charge in [-0.05, 0) is 30.0 Å². The van der Waals surface area contributed by atoms with Crippen molar-refractivity contribution in [2.45, 2.75) is 52.1 Å². The first-order chi connectivity index (χ1) is 15.2. The Morgan fingerprint density at radius 1 is 1.10 bits per heavy atom. The number of anilines is 1. The number of ether oxygens (including phenoxy) is 1. The lowest BCUT2D eigenvalue weighted by molar-refractivity contribution is -0.117. The van der Waals surface area contributed by atoms with Crippen LogP contribution in [0.1, 0.15) is 45.1 Å². The number of morpholine rings is 1. The fourth-order valence-electron chi connectivity index (χ4n) is 4.66. The number of guanidine groups is 1. The van der Waals surface area contributed by atoms with Crippen molar-refractivity contribution in [3.05, 3.63) is 29.8 Å². The summed E-state index contributed by atoms with van der Waals surface area (Å²) in [5.74, 6) is 1.70. The van der Waals surface area contributed by atoms with Crippen LogP contribution < -0.4 is 15.5 Å². The maximum Gasteiger partial charge on any atom is 0.227 e. The summed E-state index contributed by atoms with van der Waals surface area (Å²) in [6, 6.07) is 8.73. The molecule has 3 rings (SSSR count). The summed E-state index contributed by atoms with van der Waals surface area (Å²) in [7, 11) is 1.82. The lowest BCUT2D eigenvalue weighted by atomic mass is 9.92. The van der Waals surface area contributed by atoms with Crippen molar-refractivity contribution >= 4 is 17.6 Å². The molecule has 2 N–H and O–H groups in total. The van der Waals surface area contributed by atoms with Crippen LogP contribution in [0.25, 0.3) is 0 Å². The Balaban J connectivity index is 1.52. The molecule has 7 nitrogen and oxygen atoms in total. The Hall–Kier alpha value is -2.12. The summed E-state index contributed by atoms with van der Waals surface area (Å²) in [6.45, 7) is 10.6. The quantitative estimate of drug-likeness (QED) is 0.467. The third kappa shape index (κ3) is 6.43. The number of carbonyl (C=O) groups is 1. The van der Waals surface area contributed by atoms with Gasteiger partial charge in [-0.15, -0.1) is 0 Å². The molecule has 2 heterocycles. The summed E-state index contributed by atoms with van der Waals surface area (Å²) >= 11 is 0. The van der Waals surface area contributed by atoms with E-state index in [9.17, 15) is 4.79 Å². The molecular weight excluding hydrogens is 390 g/mol. The maximum atomic E-state index is 11.9. The van der Waals surface area contributed by atoms with Crippen LogP contribution >= 0.6 is 0 Å². The monoisotopic (exact) mass is 429 g/mol. The van der Waals surface area contributed by atoms with E-state index < -0.39 is 0 Å². The van der Waals surface area contributed by atoms with Crippen LogP contribution in [0.15, 0.2) is 29.3 Å². The summed E-state index contributed by atoms with van der Waals surface area (Å²) in [5, 5.41) is 6.98. The van der Waals surface area contributed by atoms with Crippen LogP contribution in [-0.2, 0) is 16.1 Å². The lowest BCUT2D eigenvalue weighted by Gasteiger charge is -2.39. The molecule has 2 aliphatic heterocycles. The predicted molar refractivity (Wildman–Crippen MR) is 126 cm³/mol. The minimum atomic E-state index is 0.225. The first-order valence-electron chi connectivity index (χ1n) is 11.8. The highest BCUT2D eigenvalue weighted by Gasteiger charge is 2.27. The second-order valence-corrected chi connectivity index (χ2v) is 8.41. The van der Waals surface area contributed by atoms with E-state index in [0.717, 1.165) is 57.5 Å². The molecule has 2 saturated heterocycles. The molecule has 7 heteroatoms. The zero-order valence-corrected chi connectivity index (χ0v) is 19.4. The Kier molecular flexibility index (Phi) is 9.15. The Morgan fingerprint density at radius 3 is 2.39 bits per heavy atom. The first kappa shape index (κ1) is 23.5. The average molecular weight is 430 g/mol. The van der Waals surface area contributed by atoms with Crippen LogP contribution in [0.4, 0.5) is 5.69 Å². The molecule has 2 fully saturated rings. The molecule has 0 aliphatic carbocycles. The fraction of sp³-hybridized carbons (Fsp3) is 0.667. The zero-order valence-electron chi connectivity index (χ0n) is 19.4. The standard InChI is InChI=1S/C24H39N5O2/c1-4-20(5-2)22(28-13-15-31-16-14-28)18-27-24(25-3)26-17-19-8-10-21(11-9-19)29-12-6-7-23(29)30/h8-11,20,22H,4-7,12-18H2,1-3H3,(H2,25,26,27). The number of nitrogens with zero attached hydrogens (tertiary/aromatic N) is 3. The number of hydrogen-bond donors (Lipinski definition) is 2. The van der Waals surface area contributed by atoms with E-state index in [0.29, 0.717) is 24.9 Å². The molecule has 1 aromatic carbocycles. The van der Waals surface area contributed by atoms with Crippen LogP contribution in [0.3, 0.4) is 0 Å². The topological polar surface area (TPSA) is 69.2 Å². The van der Waals surface area contributed by atoms with E-state index in [1.54, 1.807) is 0 Å². The third-order valence-electron chi connectivity index (χ3n) is 6.59. The SMILES string of the molecule is CCC(CC)C(CNC(=NC)NCc1ccc(N2CCCC2=O)cc1)N1CCOCC1. The van der Waals surface area contributed by atoms with E-state index >= 15 is 0 Å². The highest BCUT2D eigenvalue weighted by molar-refractivity contribution is 5.95. The van der Waals surface area contributed by atoms with E-state index in [4.69, 9.17) is 4.74 Å². The zero-order chi connectivity index (χ0) is 22.1. The molecule has 0 bridgehead atoms. The van der Waals surface area contributed by atoms with Gasteiger partial charge in [0.1, 0.15) is 0 Å². The molecular formula is C24H39N5O2. The number of amides is 1. The van der Waals surface area contributed by atoms with Crippen LogP contribution in [0, 0.1) is 5.92 Å². The van der Waals surface area contributed by atoms with Crippen molar-refractivity contribution in [3.63, 3.8) is 0 Å².